The van der Waals surface area contributed by atoms with Crippen LogP contribution in [0.3, 0.4) is 0 Å². The summed E-state index contributed by atoms with van der Waals surface area (Å²) in [4.78, 5) is 8.92. The van der Waals surface area contributed by atoms with Gasteiger partial charge in [-0.15, -0.1) is 0 Å². The Morgan fingerprint density at radius 3 is 2.60 bits per heavy atom. The molecule has 2 rings (SSSR count). The van der Waals surface area contributed by atoms with Crippen LogP contribution in [0.15, 0.2) is 51.2 Å². The van der Waals surface area contributed by atoms with Gasteiger partial charge in [0.05, 0.1) is 4.47 Å². The Balaban J connectivity index is 2.22. The predicted octanol–water partition coefficient (Wildman–Crippen LogP) is 3.53. The van der Waals surface area contributed by atoms with Gasteiger partial charge in [0.25, 0.3) is 0 Å². The standard InChI is InChI=1S/C10H6BrFN2S/c11-9-5-13-6-14-10(9)15-8-3-1-7(12)2-4-8/h1-6H. The Labute approximate surface area is 99.1 Å². The molecule has 0 N–H and O–H groups in total. The van der Waals surface area contributed by atoms with E-state index < -0.39 is 0 Å². The first-order valence-electron chi connectivity index (χ1n) is 4.14. The van der Waals surface area contributed by atoms with Crippen LogP contribution in [0, 0.1) is 5.82 Å². The SMILES string of the molecule is Fc1ccc(Sc2ncncc2Br)cc1. The van der Waals surface area contributed by atoms with E-state index in [0.29, 0.717) is 0 Å². The van der Waals surface area contributed by atoms with Crippen LogP contribution in [0.5, 0.6) is 0 Å². The minimum absolute atomic E-state index is 0.235. The summed E-state index contributed by atoms with van der Waals surface area (Å²) in [6.07, 6.45) is 3.16. The molecule has 0 saturated carbocycles. The molecule has 76 valence electrons. The van der Waals surface area contributed by atoms with Crippen LogP contribution < -0.4 is 0 Å². The second-order valence-corrected chi connectivity index (χ2v) is 4.65. The van der Waals surface area contributed by atoms with Crippen molar-refractivity contribution in [1.29, 1.82) is 0 Å². The molecule has 15 heavy (non-hydrogen) atoms. The van der Waals surface area contributed by atoms with Crippen molar-refractivity contribution in [3.8, 4) is 0 Å². The topological polar surface area (TPSA) is 25.8 Å². The van der Waals surface area contributed by atoms with Crippen LogP contribution in [-0.4, -0.2) is 9.97 Å². The molecule has 0 amide bonds. The highest BCUT2D eigenvalue weighted by Gasteiger charge is 2.03. The van der Waals surface area contributed by atoms with E-state index in [1.807, 2.05) is 0 Å². The number of hydrogen-bond acceptors (Lipinski definition) is 3. The van der Waals surface area contributed by atoms with Gasteiger partial charge >= 0.3 is 0 Å². The molecule has 0 spiro atoms. The lowest BCUT2D eigenvalue weighted by Gasteiger charge is -2.01. The molecule has 2 aromatic rings. The van der Waals surface area contributed by atoms with E-state index in [2.05, 4.69) is 25.9 Å². The van der Waals surface area contributed by atoms with Crippen molar-refractivity contribution in [3.63, 3.8) is 0 Å². The summed E-state index contributed by atoms with van der Waals surface area (Å²) in [5, 5.41) is 0.816. The Hall–Kier alpha value is -0.940. The van der Waals surface area contributed by atoms with Gasteiger partial charge in [0.1, 0.15) is 17.2 Å². The maximum Gasteiger partial charge on any atom is 0.123 e. The highest BCUT2D eigenvalue weighted by molar-refractivity contribution is 9.10. The van der Waals surface area contributed by atoms with E-state index in [4.69, 9.17) is 0 Å². The van der Waals surface area contributed by atoms with Crippen LogP contribution in [0.2, 0.25) is 0 Å². The summed E-state index contributed by atoms with van der Waals surface area (Å²) < 4.78 is 13.5. The zero-order valence-electron chi connectivity index (χ0n) is 7.52. The van der Waals surface area contributed by atoms with Crippen LogP contribution in [0.25, 0.3) is 0 Å². The maximum atomic E-state index is 12.7. The molecule has 2 nitrogen and oxygen atoms in total. The monoisotopic (exact) mass is 284 g/mol. The van der Waals surface area contributed by atoms with Crippen molar-refractivity contribution in [1.82, 2.24) is 9.97 Å². The average Bonchev–Trinajstić information content (AvgIpc) is 2.25. The normalized spacial score (nSPS) is 10.3. The molecule has 0 atom stereocenters. The van der Waals surface area contributed by atoms with Gasteiger partial charge in [0.2, 0.25) is 0 Å². The lowest BCUT2D eigenvalue weighted by atomic mass is 10.4. The third-order valence-electron chi connectivity index (χ3n) is 1.66. The fraction of sp³-hybridized carbons (Fsp3) is 0. The van der Waals surface area contributed by atoms with Gasteiger partial charge < -0.3 is 0 Å². The number of benzene rings is 1. The van der Waals surface area contributed by atoms with Crippen molar-refractivity contribution < 1.29 is 4.39 Å². The van der Waals surface area contributed by atoms with E-state index in [-0.39, 0.29) is 5.82 Å². The van der Waals surface area contributed by atoms with Gasteiger partial charge in [-0.05, 0) is 40.2 Å². The number of rotatable bonds is 2. The molecule has 0 saturated heterocycles. The smallest absolute Gasteiger partial charge is 0.123 e. The van der Waals surface area contributed by atoms with Gasteiger partial charge in [-0.2, -0.15) is 0 Å². The van der Waals surface area contributed by atoms with E-state index in [1.165, 1.54) is 30.2 Å². The summed E-state index contributed by atoms with van der Waals surface area (Å²) in [7, 11) is 0. The lowest BCUT2D eigenvalue weighted by molar-refractivity contribution is 0.626. The molecule has 0 aliphatic carbocycles. The summed E-state index contributed by atoms with van der Waals surface area (Å²) in [5.74, 6) is -0.235. The Morgan fingerprint density at radius 2 is 1.93 bits per heavy atom. The minimum atomic E-state index is -0.235. The quantitative estimate of drug-likeness (QED) is 0.789. The average molecular weight is 285 g/mol. The Kier molecular flexibility index (Phi) is 3.33. The van der Waals surface area contributed by atoms with Gasteiger partial charge in [0.15, 0.2) is 0 Å². The lowest BCUT2D eigenvalue weighted by Crippen LogP contribution is -1.83. The Bertz CT molecular complexity index is 461. The van der Waals surface area contributed by atoms with Gasteiger partial charge in [-0.25, -0.2) is 14.4 Å². The number of nitrogens with zero attached hydrogens (tertiary/aromatic N) is 2. The van der Waals surface area contributed by atoms with Crippen molar-refractivity contribution in [2.45, 2.75) is 9.92 Å². The highest BCUT2D eigenvalue weighted by Crippen LogP contribution is 2.30. The van der Waals surface area contributed by atoms with Crippen LogP contribution in [0.4, 0.5) is 4.39 Å². The van der Waals surface area contributed by atoms with Crippen LogP contribution in [0.1, 0.15) is 0 Å². The third-order valence-corrected chi connectivity index (χ3v) is 3.53. The fourth-order valence-corrected chi connectivity index (χ4v) is 2.20. The number of aromatic nitrogens is 2. The summed E-state index contributed by atoms with van der Waals surface area (Å²) in [5.41, 5.74) is 0. The second-order valence-electron chi connectivity index (χ2n) is 2.73. The molecule has 0 unspecified atom stereocenters. The predicted molar refractivity (Wildman–Crippen MR) is 60.3 cm³/mol. The number of hydrogen-bond donors (Lipinski definition) is 0. The second kappa shape index (κ2) is 4.72. The molecule has 0 bridgehead atoms. The molecule has 0 fully saturated rings. The van der Waals surface area contributed by atoms with Crippen molar-refractivity contribution in [2.75, 3.05) is 0 Å². The molecule has 1 heterocycles. The first kappa shape index (κ1) is 10.6. The minimum Gasteiger partial charge on any atom is -0.244 e. The van der Waals surface area contributed by atoms with E-state index in [1.54, 1.807) is 18.3 Å². The molecular weight excluding hydrogens is 279 g/mol. The van der Waals surface area contributed by atoms with Crippen molar-refractivity contribution in [2.24, 2.45) is 0 Å². The molecule has 1 aromatic heterocycles. The first-order chi connectivity index (χ1) is 7.25. The van der Waals surface area contributed by atoms with Crippen LogP contribution >= 0.6 is 27.7 Å². The summed E-state index contributed by atoms with van der Waals surface area (Å²) in [6.45, 7) is 0. The summed E-state index contributed by atoms with van der Waals surface area (Å²) in [6, 6.07) is 6.29. The molecule has 0 radical (unpaired) electrons. The van der Waals surface area contributed by atoms with Crippen molar-refractivity contribution in [3.05, 3.63) is 47.1 Å². The molecule has 0 aliphatic rings. The largest absolute Gasteiger partial charge is 0.244 e. The Morgan fingerprint density at radius 1 is 1.20 bits per heavy atom. The molecule has 1 aromatic carbocycles. The van der Waals surface area contributed by atoms with Gasteiger partial charge in [-0.3, -0.25) is 0 Å². The molecule has 0 aliphatic heterocycles. The van der Waals surface area contributed by atoms with Crippen LogP contribution in [-0.2, 0) is 0 Å². The fourth-order valence-electron chi connectivity index (χ4n) is 0.991. The van der Waals surface area contributed by atoms with E-state index in [9.17, 15) is 4.39 Å². The molecular formula is C10H6BrFN2S. The van der Waals surface area contributed by atoms with Gasteiger partial charge in [0, 0.05) is 11.1 Å². The zero-order valence-corrected chi connectivity index (χ0v) is 9.93. The maximum absolute atomic E-state index is 12.7. The van der Waals surface area contributed by atoms with E-state index in [0.717, 1.165) is 14.4 Å². The van der Waals surface area contributed by atoms with Gasteiger partial charge in [-0.1, -0.05) is 11.8 Å². The van der Waals surface area contributed by atoms with Crippen molar-refractivity contribution >= 4 is 27.7 Å². The molecule has 5 heteroatoms. The zero-order chi connectivity index (χ0) is 10.7. The third kappa shape index (κ3) is 2.76. The highest BCUT2D eigenvalue weighted by atomic mass is 79.9. The number of halogens is 2. The van der Waals surface area contributed by atoms with E-state index >= 15 is 0 Å². The summed E-state index contributed by atoms with van der Waals surface area (Å²) >= 11 is 4.81. The first-order valence-corrected chi connectivity index (χ1v) is 5.75.